The van der Waals surface area contributed by atoms with E-state index in [2.05, 4.69) is 15.5 Å². The van der Waals surface area contributed by atoms with Crippen molar-refractivity contribution in [3.8, 4) is 17.3 Å². The van der Waals surface area contributed by atoms with Crippen LogP contribution in [0.15, 0.2) is 48.7 Å². The predicted molar refractivity (Wildman–Crippen MR) is 132 cm³/mol. The molecule has 0 spiro atoms. The van der Waals surface area contributed by atoms with Gasteiger partial charge in [0.05, 0.1) is 12.5 Å². The first-order chi connectivity index (χ1) is 17.7. The van der Waals surface area contributed by atoms with Gasteiger partial charge in [0.1, 0.15) is 23.2 Å². The Bertz CT molecular complexity index is 1450. The van der Waals surface area contributed by atoms with Gasteiger partial charge in [-0.05, 0) is 68.7 Å². The fraction of sp³-hybridized carbons (Fsp3) is 0.444. The van der Waals surface area contributed by atoms with Crippen molar-refractivity contribution in [1.29, 1.82) is 0 Å². The Hall–Kier alpha value is -3.24. The number of ether oxygens (including phenoxy) is 1. The molecule has 0 radical (unpaired) electrons. The van der Waals surface area contributed by atoms with Gasteiger partial charge in [-0.15, -0.1) is 10.2 Å². The lowest BCUT2D eigenvalue weighted by atomic mass is 9.73. The summed E-state index contributed by atoms with van der Waals surface area (Å²) in [5.41, 5.74) is 1.12. The van der Waals surface area contributed by atoms with E-state index in [0.29, 0.717) is 54.1 Å². The molecule has 1 aromatic carbocycles. The molecule has 2 atom stereocenters. The Morgan fingerprint density at radius 3 is 2.68 bits per heavy atom. The molecular formula is C27H28F3N5O2. The molecule has 7 nitrogen and oxygen atoms in total. The van der Waals surface area contributed by atoms with E-state index in [-0.39, 0.29) is 24.5 Å². The molecule has 7 rings (SSSR count). The zero-order valence-electron chi connectivity index (χ0n) is 20.4. The van der Waals surface area contributed by atoms with Crippen LogP contribution in [0.5, 0.6) is 5.75 Å². The molecule has 1 fully saturated rings. The number of aliphatic hydroxyl groups excluding tert-OH is 1. The molecular weight excluding hydrogens is 483 g/mol. The molecule has 6 bridgehead atoms. The molecule has 2 N–H and O–H groups in total. The molecule has 1 aliphatic carbocycles. The van der Waals surface area contributed by atoms with Gasteiger partial charge in [-0.2, -0.15) is 13.2 Å². The Balaban J connectivity index is 1.53. The number of nitrogens with one attached hydrogen (secondary N) is 1. The van der Waals surface area contributed by atoms with Crippen LogP contribution in [0.3, 0.4) is 0 Å². The number of hydrogen-bond acceptors (Lipinski definition) is 6. The molecule has 0 saturated heterocycles. The third-order valence-corrected chi connectivity index (χ3v) is 7.88. The first kappa shape index (κ1) is 24.1. The average Bonchev–Trinajstić information content (AvgIpc) is 3.30. The Labute approximate surface area is 211 Å². The number of alkyl halides is 3. The summed E-state index contributed by atoms with van der Waals surface area (Å²) in [4.78, 5) is 4.79. The van der Waals surface area contributed by atoms with Gasteiger partial charge in [0, 0.05) is 17.1 Å². The molecule has 3 aliphatic rings. The van der Waals surface area contributed by atoms with Crippen molar-refractivity contribution in [3.05, 3.63) is 54.2 Å². The molecule has 194 valence electrons. The van der Waals surface area contributed by atoms with E-state index in [4.69, 9.17) is 9.72 Å². The smallest absolute Gasteiger partial charge is 0.395 e. The second kappa shape index (κ2) is 8.95. The summed E-state index contributed by atoms with van der Waals surface area (Å²) in [5.74, 6) is -0.787. The van der Waals surface area contributed by atoms with Crippen LogP contribution in [0.25, 0.3) is 28.1 Å². The van der Waals surface area contributed by atoms with Crippen molar-refractivity contribution in [2.24, 2.45) is 5.92 Å². The van der Waals surface area contributed by atoms with Crippen LogP contribution in [-0.4, -0.2) is 49.2 Å². The van der Waals surface area contributed by atoms with Crippen LogP contribution in [0.1, 0.15) is 50.5 Å². The maximum atomic E-state index is 14.4. The summed E-state index contributed by atoms with van der Waals surface area (Å²) < 4.78 is 50.9. The second-order valence-electron chi connectivity index (χ2n) is 10.4. The lowest BCUT2D eigenvalue weighted by Crippen LogP contribution is -2.55. The summed E-state index contributed by atoms with van der Waals surface area (Å²) >= 11 is 0. The summed E-state index contributed by atoms with van der Waals surface area (Å²) in [6.45, 7) is 1.76. The van der Waals surface area contributed by atoms with E-state index in [0.717, 1.165) is 5.39 Å². The fourth-order valence-electron chi connectivity index (χ4n) is 5.88. The molecule has 5 heterocycles. The minimum Gasteiger partial charge on any atom is -0.473 e. The van der Waals surface area contributed by atoms with Gasteiger partial charge in [-0.3, -0.25) is 9.72 Å². The number of para-hydroxylation sites is 1. The summed E-state index contributed by atoms with van der Waals surface area (Å²) in [5, 5.41) is 23.0. The molecule has 1 unspecified atom stereocenters. The van der Waals surface area contributed by atoms with E-state index < -0.39 is 23.9 Å². The number of aliphatic hydroxyl groups is 1. The zero-order valence-corrected chi connectivity index (χ0v) is 20.4. The minimum absolute atomic E-state index is 0.00429. The topological polar surface area (TPSA) is 84.6 Å². The van der Waals surface area contributed by atoms with Gasteiger partial charge in [-0.25, -0.2) is 4.98 Å². The van der Waals surface area contributed by atoms with Crippen molar-refractivity contribution in [2.75, 3.05) is 6.61 Å². The molecule has 37 heavy (non-hydrogen) atoms. The molecule has 0 amide bonds. The normalized spacial score (nSPS) is 26.6. The van der Waals surface area contributed by atoms with Gasteiger partial charge in [0.25, 0.3) is 0 Å². The van der Waals surface area contributed by atoms with Gasteiger partial charge in [-0.1, -0.05) is 24.3 Å². The van der Waals surface area contributed by atoms with E-state index >= 15 is 0 Å². The molecule has 10 heteroatoms. The summed E-state index contributed by atoms with van der Waals surface area (Å²) in [7, 11) is 0. The SMILES string of the molecule is CC1NC2(CO)CCC(CC2)C[C@@H](C(F)(F)F)c2ccc3nnc(n3c2)-c2ccc3cccc(c3n2)O1. The highest BCUT2D eigenvalue weighted by Crippen LogP contribution is 2.44. The number of hydrogen-bond donors (Lipinski definition) is 2. The number of aromatic nitrogens is 4. The fourth-order valence-corrected chi connectivity index (χ4v) is 5.88. The van der Waals surface area contributed by atoms with Gasteiger partial charge >= 0.3 is 6.18 Å². The molecule has 2 aliphatic heterocycles. The average molecular weight is 512 g/mol. The number of halogens is 3. The molecule has 4 aromatic rings. The Morgan fingerprint density at radius 1 is 1.11 bits per heavy atom. The third-order valence-electron chi connectivity index (χ3n) is 7.88. The predicted octanol–water partition coefficient (Wildman–Crippen LogP) is 5.23. The van der Waals surface area contributed by atoms with Crippen LogP contribution in [0.4, 0.5) is 13.2 Å². The van der Waals surface area contributed by atoms with Crippen molar-refractivity contribution in [2.45, 2.75) is 62.9 Å². The van der Waals surface area contributed by atoms with Crippen molar-refractivity contribution >= 4 is 16.6 Å². The van der Waals surface area contributed by atoms with Crippen LogP contribution in [-0.2, 0) is 0 Å². The lowest BCUT2D eigenvalue weighted by Gasteiger charge is -2.42. The monoisotopic (exact) mass is 511 g/mol. The number of fused-ring (bicyclic) bond motifs is 5. The maximum Gasteiger partial charge on any atom is 0.395 e. The van der Waals surface area contributed by atoms with Crippen LogP contribution < -0.4 is 10.1 Å². The van der Waals surface area contributed by atoms with E-state index in [9.17, 15) is 18.3 Å². The van der Waals surface area contributed by atoms with E-state index in [1.807, 2.05) is 31.2 Å². The minimum atomic E-state index is -4.40. The molecule has 1 saturated carbocycles. The van der Waals surface area contributed by atoms with Crippen molar-refractivity contribution in [1.82, 2.24) is 24.9 Å². The number of rotatable bonds is 1. The molecule has 3 aromatic heterocycles. The highest BCUT2D eigenvalue weighted by Gasteiger charge is 2.44. The maximum absolute atomic E-state index is 14.4. The number of nitrogens with zero attached hydrogens (tertiary/aromatic N) is 4. The third kappa shape index (κ3) is 4.42. The van der Waals surface area contributed by atoms with Gasteiger partial charge in [0.2, 0.25) is 0 Å². The van der Waals surface area contributed by atoms with Gasteiger partial charge < -0.3 is 9.84 Å². The highest BCUT2D eigenvalue weighted by atomic mass is 19.4. The first-order valence-corrected chi connectivity index (χ1v) is 12.6. The van der Waals surface area contributed by atoms with Gasteiger partial charge in [0.15, 0.2) is 11.5 Å². The second-order valence-corrected chi connectivity index (χ2v) is 10.4. The summed E-state index contributed by atoms with van der Waals surface area (Å²) in [6.07, 6.45) is -1.04. The number of pyridine rings is 2. The van der Waals surface area contributed by atoms with Crippen LogP contribution in [0, 0.1) is 5.92 Å². The van der Waals surface area contributed by atoms with Crippen molar-refractivity contribution < 1.29 is 23.0 Å². The standard InChI is InChI=1S/C27H28F3N5O2/c1-16-32-26(15-36)11-9-17(10-12-26)13-20(27(28,29)30)19-6-8-23-33-34-25(35(23)14-19)21-7-5-18-3-2-4-22(37-16)24(18)31-21/h2-8,14,16-17,20,32,36H,9-13,15H2,1H3/t16?,17?,20-,26?/m1/s1. The van der Waals surface area contributed by atoms with Crippen LogP contribution >= 0.6 is 0 Å². The highest BCUT2D eigenvalue weighted by molar-refractivity contribution is 5.86. The van der Waals surface area contributed by atoms with Crippen molar-refractivity contribution in [3.63, 3.8) is 0 Å². The largest absolute Gasteiger partial charge is 0.473 e. The zero-order chi connectivity index (χ0) is 25.8. The Kier molecular flexibility index (Phi) is 5.83. The number of benzene rings is 1. The van der Waals surface area contributed by atoms with E-state index in [1.54, 1.807) is 16.5 Å². The lowest BCUT2D eigenvalue weighted by molar-refractivity contribution is -0.155. The summed E-state index contributed by atoms with van der Waals surface area (Å²) in [6, 6.07) is 12.4. The Morgan fingerprint density at radius 2 is 1.92 bits per heavy atom. The van der Waals surface area contributed by atoms with E-state index in [1.165, 1.54) is 12.3 Å². The van der Waals surface area contributed by atoms with Crippen LogP contribution in [0.2, 0.25) is 0 Å². The quantitative estimate of drug-likeness (QED) is 0.364. The first-order valence-electron chi connectivity index (χ1n) is 12.6.